The van der Waals surface area contributed by atoms with Gasteiger partial charge in [-0.3, -0.25) is 9.59 Å². The zero-order valence-electron chi connectivity index (χ0n) is 19.7. The fourth-order valence-electron chi connectivity index (χ4n) is 3.97. The molecule has 0 saturated carbocycles. The number of hydrogen-bond donors (Lipinski definition) is 1. The highest BCUT2D eigenvalue weighted by Crippen LogP contribution is 2.49. The summed E-state index contributed by atoms with van der Waals surface area (Å²) >= 11 is 1.57. The molecule has 8 heteroatoms. The van der Waals surface area contributed by atoms with Gasteiger partial charge in [-0.1, -0.05) is 51.1 Å². The van der Waals surface area contributed by atoms with Gasteiger partial charge in [0.1, 0.15) is 23.8 Å². The number of fused-ring (bicyclic) bond motifs is 3. The van der Waals surface area contributed by atoms with Crippen molar-refractivity contribution < 1.29 is 23.9 Å². The highest BCUT2D eigenvalue weighted by molar-refractivity contribution is 7.99. The van der Waals surface area contributed by atoms with E-state index in [0.717, 1.165) is 17.5 Å². The molecule has 0 spiro atoms. The predicted molar refractivity (Wildman–Crippen MR) is 130 cm³/mol. The average molecular weight is 483 g/mol. The van der Waals surface area contributed by atoms with Crippen LogP contribution in [0, 0.1) is 5.41 Å². The van der Waals surface area contributed by atoms with Crippen LogP contribution < -0.4 is 10.1 Å². The molecular formula is C26H30N2O5S. The first-order chi connectivity index (χ1) is 16.2. The molecule has 0 radical (unpaired) electrons. The van der Waals surface area contributed by atoms with Crippen molar-refractivity contribution in [2.24, 2.45) is 5.41 Å². The van der Waals surface area contributed by atoms with Crippen molar-refractivity contribution in [3.8, 4) is 5.75 Å². The van der Waals surface area contributed by atoms with Gasteiger partial charge in [0.2, 0.25) is 5.91 Å². The van der Waals surface area contributed by atoms with Crippen LogP contribution in [0.3, 0.4) is 0 Å². The summed E-state index contributed by atoms with van der Waals surface area (Å²) in [5, 5.41) is 2.76. The van der Waals surface area contributed by atoms with Crippen LogP contribution in [0.25, 0.3) is 0 Å². The molecule has 4 rings (SSSR count). The Kier molecular flexibility index (Phi) is 7.16. The summed E-state index contributed by atoms with van der Waals surface area (Å²) in [6, 6.07) is 14.1. The van der Waals surface area contributed by atoms with E-state index >= 15 is 0 Å². The predicted octanol–water partition coefficient (Wildman–Crippen LogP) is 3.93. The Hall–Kier alpha value is -3.00. The molecule has 2 aromatic rings. The maximum Gasteiger partial charge on any atom is 0.344 e. The molecule has 0 bridgehead atoms. The second kappa shape index (κ2) is 10.1. The number of ether oxygens (including phenoxy) is 2. The minimum atomic E-state index is -0.493. The van der Waals surface area contributed by atoms with Crippen molar-refractivity contribution in [2.75, 3.05) is 18.9 Å². The third-order valence-corrected chi connectivity index (χ3v) is 7.14. The number of esters is 1. The zero-order valence-corrected chi connectivity index (χ0v) is 20.5. The van der Waals surface area contributed by atoms with Gasteiger partial charge in [0, 0.05) is 23.4 Å². The first-order valence-electron chi connectivity index (χ1n) is 11.4. The lowest BCUT2D eigenvalue weighted by Gasteiger charge is -2.24. The normalized spacial score (nSPS) is 18.9. The second-order valence-electron chi connectivity index (χ2n) is 9.70. The summed E-state index contributed by atoms with van der Waals surface area (Å²) in [4.78, 5) is 39.6. The molecule has 2 aromatic carbocycles. The van der Waals surface area contributed by atoms with E-state index in [4.69, 9.17) is 9.47 Å². The molecule has 1 N–H and O–H groups in total. The first kappa shape index (κ1) is 24.1. The van der Waals surface area contributed by atoms with Crippen molar-refractivity contribution in [1.29, 1.82) is 0 Å². The molecule has 0 unspecified atom stereocenters. The van der Waals surface area contributed by atoms with Crippen molar-refractivity contribution >= 4 is 29.5 Å². The topological polar surface area (TPSA) is 84.9 Å². The smallest absolute Gasteiger partial charge is 0.344 e. The Balaban J connectivity index is 1.34. The largest absolute Gasteiger partial charge is 0.482 e. The molecule has 2 aliphatic rings. The molecule has 180 valence electrons. The SMILES string of the molecule is CC(C)(C)CCNC(=O)[C@@H]1CS[C@H]2c3cc(OCC(=O)OCc4ccccc4)ccc3C(=O)N12. The van der Waals surface area contributed by atoms with Gasteiger partial charge in [-0.15, -0.1) is 11.8 Å². The van der Waals surface area contributed by atoms with Gasteiger partial charge in [0.05, 0.1) is 0 Å². The number of rotatable bonds is 8. The first-order valence-corrected chi connectivity index (χ1v) is 12.5. The average Bonchev–Trinajstić information content (AvgIpc) is 3.36. The summed E-state index contributed by atoms with van der Waals surface area (Å²) in [7, 11) is 0. The molecule has 0 aromatic heterocycles. The monoisotopic (exact) mass is 482 g/mol. The molecule has 1 saturated heterocycles. The number of nitrogens with one attached hydrogen (secondary N) is 1. The maximum atomic E-state index is 13.0. The van der Waals surface area contributed by atoms with E-state index in [9.17, 15) is 14.4 Å². The van der Waals surface area contributed by atoms with Crippen LogP contribution in [0.2, 0.25) is 0 Å². The third kappa shape index (κ3) is 5.55. The minimum Gasteiger partial charge on any atom is -0.482 e. The van der Waals surface area contributed by atoms with Gasteiger partial charge in [-0.05, 0) is 35.6 Å². The van der Waals surface area contributed by atoms with Gasteiger partial charge in [-0.25, -0.2) is 4.79 Å². The third-order valence-electron chi connectivity index (χ3n) is 5.83. The number of hydrogen-bond acceptors (Lipinski definition) is 6. The van der Waals surface area contributed by atoms with E-state index in [2.05, 4.69) is 26.1 Å². The molecule has 2 atom stereocenters. The highest BCUT2D eigenvalue weighted by Gasteiger charge is 2.48. The molecule has 2 heterocycles. The quantitative estimate of drug-likeness (QED) is 0.574. The summed E-state index contributed by atoms with van der Waals surface area (Å²) in [6.07, 6.45) is 0.866. The van der Waals surface area contributed by atoms with E-state index in [1.54, 1.807) is 34.9 Å². The van der Waals surface area contributed by atoms with Crippen LogP contribution >= 0.6 is 11.8 Å². The van der Waals surface area contributed by atoms with Crippen molar-refractivity contribution in [3.05, 3.63) is 65.2 Å². The Morgan fingerprint density at radius 1 is 1.15 bits per heavy atom. The van der Waals surface area contributed by atoms with Crippen LogP contribution in [-0.2, 0) is 20.9 Å². The molecule has 0 aliphatic carbocycles. The van der Waals surface area contributed by atoms with E-state index in [-0.39, 0.29) is 35.8 Å². The number of amides is 2. The summed E-state index contributed by atoms with van der Waals surface area (Å²) in [5.41, 5.74) is 2.42. The van der Waals surface area contributed by atoms with Crippen LogP contribution in [0.15, 0.2) is 48.5 Å². The number of carbonyl (C=O) groups excluding carboxylic acids is 3. The summed E-state index contributed by atoms with van der Waals surface area (Å²) in [5.74, 6) is 0.314. The lowest BCUT2D eigenvalue weighted by molar-refractivity contribution is -0.147. The van der Waals surface area contributed by atoms with Gasteiger partial charge >= 0.3 is 5.97 Å². The Morgan fingerprint density at radius 3 is 2.65 bits per heavy atom. The Morgan fingerprint density at radius 2 is 1.91 bits per heavy atom. The van der Waals surface area contributed by atoms with Crippen molar-refractivity contribution in [3.63, 3.8) is 0 Å². The minimum absolute atomic E-state index is 0.113. The van der Waals surface area contributed by atoms with Gasteiger partial charge in [0.25, 0.3) is 5.91 Å². The Bertz CT molecular complexity index is 1070. The van der Waals surface area contributed by atoms with Crippen molar-refractivity contribution in [2.45, 2.75) is 45.2 Å². The van der Waals surface area contributed by atoms with Crippen LogP contribution in [-0.4, -0.2) is 47.6 Å². The number of thioether (sulfide) groups is 1. The lowest BCUT2D eigenvalue weighted by Crippen LogP contribution is -2.46. The van der Waals surface area contributed by atoms with Gasteiger partial charge in [-0.2, -0.15) is 0 Å². The summed E-state index contributed by atoms with van der Waals surface area (Å²) in [6.45, 7) is 6.94. The highest BCUT2D eigenvalue weighted by atomic mass is 32.2. The number of carbonyl (C=O) groups is 3. The van der Waals surface area contributed by atoms with Crippen LogP contribution in [0.1, 0.15) is 54.1 Å². The molecule has 2 aliphatic heterocycles. The van der Waals surface area contributed by atoms with E-state index in [1.165, 1.54) is 0 Å². The standard InChI is InChI=1S/C26H30N2O5S/c1-26(2,3)11-12-27-23(30)21-16-34-25-20-13-18(9-10-19(20)24(31)28(21)25)32-15-22(29)33-14-17-7-5-4-6-8-17/h4-10,13,21,25H,11-12,14-16H2,1-3H3,(H,27,30)/t21-,25-/m0/s1. The maximum absolute atomic E-state index is 13.0. The van der Waals surface area contributed by atoms with Gasteiger partial charge in [0.15, 0.2) is 6.61 Å². The van der Waals surface area contributed by atoms with E-state index in [1.807, 2.05) is 30.3 Å². The number of benzene rings is 2. The second-order valence-corrected chi connectivity index (χ2v) is 10.8. The Labute approximate surface area is 204 Å². The molecule has 34 heavy (non-hydrogen) atoms. The van der Waals surface area contributed by atoms with Gasteiger partial charge < -0.3 is 19.7 Å². The molecule has 1 fully saturated rings. The van der Waals surface area contributed by atoms with Crippen LogP contribution in [0.5, 0.6) is 5.75 Å². The van der Waals surface area contributed by atoms with Crippen LogP contribution in [0.4, 0.5) is 0 Å². The molecular weight excluding hydrogens is 452 g/mol. The number of nitrogens with zero attached hydrogens (tertiary/aromatic N) is 1. The lowest BCUT2D eigenvalue weighted by atomic mass is 9.92. The fourth-order valence-corrected chi connectivity index (χ4v) is 5.42. The molecule has 2 amide bonds. The summed E-state index contributed by atoms with van der Waals surface area (Å²) < 4.78 is 10.9. The fraction of sp³-hybridized carbons (Fsp3) is 0.423. The van der Waals surface area contributed by atoms with E-state index in [0.29, 0.717) is 23.6 Å². The van der Waals surface area contributed by atoms with E-state index < -0.39 is 12.0 Å². The van der Waals surface area contributed by atoms with Crippen molar-refractivity contribution in [1.82, 2.24) is 10.2 Å². The molecule has 7 nitrogen and oxygen atoms in total. The zero-order chi connectivity index (χ0) is 24.3.